The van der Waals surface area contributed by atoms with Crippen LogP contribution in [0.5, 0.6) is 0 Å². The Hall–Kier alpha value is -1.30. The predicted molar refractivity (Wildman–Crippen MR) is 77.8 cm³/mol. The van der Waals surface area contributed by atoms with Crippen LogP contribution >= 0.6 is 0 Å². The topological polar surface area (TPSA) is 71.1 Å². The van der Waals surface area contributed by atoms with Gasteiger partial charge in [-0.1, -0.05) is 19.8 Å². The quantitative estimate of drug-likeness (QED) is 0.842. The second kappa shape index (κ2) is 6.23. The largest absolute Gasteiger partial charge is 0.367 e. The molecule has 1 aliphatic rings. The fourth-order valence-electron chi connectivity index (χ4n) is 2.32. The maximum absolute atomic E-state index is 11.6. The smallest absolute Gasteiger partial charge is 0.232 e. The second-order valence-corrected chi connectivity index (χ2v) is 6.82. The van der Waals surface area contributed by atoms with E-state index in [1.54, 1.807) is 12.3 Å². The first-order valence-corrected chi connectivity index (χ1v) is 8.47. The third kappa shape index (κ3) is 4.38. The van der Waals surface area contributed by atoms with Gasteiger partial charge >= 0.3 is 0 Å². The Morgan fingerprint density at radius 3 is 2.63 bits per heavy atom. The van der Waals surface area contributed by atoms with Crippen LogP contribution in [-0.2, 0) is 10.0 Å². The molecular formula is C13H21N3O2S. The molecule has 0 aromatic carbocycles. The van der Waals surface area contributed by atoms with Gasteiger partial charge in [-0.3, -0.25) is 4.72 Å². The number of anilines is 2. The summed E-state index contributed by atoms with van der Waals surface area (Å²) < 4.78 is 25.7. The van der Waals surface area contributed by atoms with E-state index in [1.807, 2.05) is 13.0 Å². The Balaban J connectivity index is 1.94. The van der Waals surface area contributed by atoms with Gasteiger partial charge in [-0.15, -0.1) is 0 Å². The van der Waals surface area contributed by atoms with E-state index in [1.165, 1.54) is 25.7 Å². The Labute approximate surface area is 114 Å². The van der Waals surface area contributed by atoms with Gasteiger partial charge in [0.05, 0.1) is 17.6 Å². The summed E-state index contributed by atoms with van der Waals surface area (Å²) in [6.45, 7) is 1.84. The number of rotatable bonds is 6. The van der Waals surface area contributed by atoms with Gasteiger partial charge in [0.2, 0.25) is 10.0 Å². The van der Waals surface area contributed by atoms with E-state index in [0.29, 0.717) is 18.2 Å². The zero-order chi connectivity index (χ0) is 13.7. The SMILES string of the molecule is CCCS(=O)(=O)Nc1ccc(NC2CCCC2)nc1. The average Bonchev–Trinajstić information content (AvgIpc) is 2.84. The molecule has 1 aromatic rings. The molecule has 106 valence electrons. The Kier molecular flexibility index (Phi) is 4.63. The first-order chi connectivity index (χ1) is 9.09. The van der Waals surface area contributed by atoms with Crippen molar-refractivity contribution in [3.63, 3.8) is 0 Å². The third-order valence-electron chi connectivity index (χ3n) is 3.22. The maximum Gasteiger partial charge on any atom is 0.232 e. The van der Waals surface area contributed by atoms with Crippen molar-refractivity contribution in [2.45, 2.75) is 45.1 Å². The molecule has 5 nitrogen and oxygen atoms in total. The standard InChI is InChI=1S/C13H21N3O2S/c1-2-9-19(17,18)16-12-7-8-13(14-10-12)15-11-5-3-4-6-11/h7-8,10-11,16H,2-6,9H2,1H3,(H,14,15). The van der Waals surface area contributed by atoms with Crippen molar-refractivity contribution >= 4 is 21.5 Å². The summed E-state index contributed by atoms with van der Waals surface area (Å²) in [5.41, 5.74) is 0.519. The lowest BCUT2D eigenvalue weighted by atomic mass is 10.2. The molecular weight excluding hydrogens is 262 g/mol. The Morgan fingerprint density at radius 1 is 1.32 bits per heavy atom. The van der Waals surface area contributed by atoms with Gasteiger partial charge in [0.25, 0.3) is 0 Å². The highest BCUT2D eigenvalue weighted by Crippen LogP contribution is 2.21. The fourth-order valence-corrected chi connectivity index (χ4v) is 3.44. The maximum atomic E-state index is 11.6. The lowest BCUT2D eigenvalue weighted by molar-refractivity contribution is 0.600. The van der Waals surface area contributed by atoms with Crippen molar-refractivity contribution in [3.05, 3.63) is 18.3 Å². The summed E-state index contributed by atoms with van der Waals surface area (Å²) in [5.74, 6) is 0.945. The van der Waals surface area contributed by atoms with Gasteiger partial charge < -0.3 is 5.32 Å². The van der Waals surface area contributed by atoms with Crippen LogP contribution in [0.15, 0.2) is 18.3 Å². The normalized spacial score (nSPS) is 16.5. The number of aromatic nitrogens is 1. The molecule has 0 saturated heterocycles. The number of hydrogen-bond donors (Lipinski definition) is 2. The van der Waals surface area contributed by atoms with Gasteiger partial charge in [0.15, 0.2) is 0 Å². The summed E-state index contributed by atoms with van der Waals surface area (Å²) in [7, 11) is -3.23. The minimum atomic E-state index is -3.23. The number of sulfonamides is 1. The van der Waals surface area contributed by atoms with Gasteiger partial charge in [-0.05, 0) is 31.4 Å². The molecule has 0 atom stereocenters. The minimum Gasteiger partial charge on any atom is -0.367 e. The number of hydrogen-bond acceptors (Lipinski definition) is 4. The first kappa shape index (κ1) is 14.1. The summed E-state index contributed by atoms with van der Waals surface area (Å²) >= 11 is 0. The van der Waals surface area contributed by atoms with Crippen LogP contribution < -0.4 is 10.0 Å². The van der Waals surface area contributed by atoms with Crippen molar-refractivity contribution < 1.29 is 8.42 Å². The minimum absolute atomic E-state index is 0.134. The van der Waals surface area contributed by atoms with E-state index in [-0.39, 0.29) is 5.75 Å². The Bertz CT molecular complexity index is 493. The van der Waals surface area contributed by atoms with Crippen molar-refractivity contribution in [1.82, 2.24) is 4.98 Å². The van der Waals surface area contributed by atoms with E-state index in [4.69, 9.17) is 0 Å². The van der Waals surface area contributed by atoms with Crippen LogP contribution in [0.25, 0.3) is 0 Å². The predicted octanol–water partition coefficient (Wildman–Crippen LogP) is 2.59. The zero-order valence-electron chi connectivity index (χ0n) is 11.2. The molecule has 6 heteroatoms. The van der Waals surface area contributed by atoms with Crippen molar-refractivity contribution in [1.29, 1.82) is 0 Å². The lowest BCUT2D eigenvalue weighted by Gasteiger charge is -2.13. The molecule has 0 unspecified atom stereocenters. The molecule has 19 heavy (non-hydrogen) atoms. The molecule has 2 rings (SSSR count). The highest BCUT2D eigenvalue weighted by atomic mass is 32.2. The van der Waals surface area contributed by atoms with Crippen LogP contribution in [-0.4, -0.2) is 25.2 Å². The number of nitrogens with one attached hydrogen (secondary N) is 2. The van der Waals surface area contributed by atoms with Crippen molar-refractivity contribution in [2.24, 2.45) is 0 Å². The van der Waals surface area contributed by atoms with Crippen LogP contribution in [0.2, 0.25) is 0 Å². The molecule has 1 saturated carbocycles. The van der Waals surface area contributed by atoms with Crippen molar-refractivity contribution in [3.8, 4) is 0 Å². The van der Waals surface area contributed by atoms with E-state index in [0.717, 1.165) is 5.82 Å². The molecule has 1 heterocycles. The molecule has 1 aromatic heterocycles. The van der Waals surface area contributed by atoms with Crippen LogP contribution in [0.3, 0.4) is 0 Å². The zero-order valence-corrected chi connectivity index (χ0v) is 12.0. The van der Waals surface area contributed by atoms with Gasteiger partial charge in [0, 0.05) is 6.04 Å². The van der Waals surface area contributed by atoms with Crippen LogP contribution in [0.1, 0.15) is 39.0 Å². The van der Waals surface area contributed by atoms with E-state index in [9.17, 15) is 8.42 Å². The molecule has 0 radical (unpaired) electrons. The van der Waals surface area contributed by atoms with E-state index in [2.05, 4.69) is 15.0 Å². The molecule has 0 aliphatic heterocycles. The number of nitrogens with zero attached hydrogens (tertiary/aromatic N) is 1. The molecule has 2 N–H and O–H groups in total. The molecule has 0 amide bonds. The average molecular weight is 283 g/mol. The monoisotopic (exact) mass is 283 g/mol. The van der Waals surface area contributed by atoms with E-state index < -0.39 is 10.0 Å². The first-order valence-electron chi connectivity index (χ1n) is 6.82. The molecule has 1 aliphatic carbocycles. The molecule has 0 spiro atoms. The fraction of sp³-hybridized carbons (Fsp3) is 0.615. The summed E-state index contributed by atoms with van der Waals surface area (Å²) in [5, 5.41) is 3.37. The molecule has 1 fully saturated rings. The van der Waals surface area contributed by atoms with Crippen LogP contribution in [0.4, 0.5) is 11.5 Å². The highest BCUT2D eigenvalue weighted by molar-refractivity contribution is 7.92. The summed E-state index contributed by atoms with van der Waals surface area (Å²) in [4.78, 5) is 4.25. The second-order valence-electron chi connectivity index (χ2n) is 4.98. The Morgan fingerprint density at radius 2 is 2.05 bits per heavy atom. The molecule has 0 bridgehead atoms. The third-order valence-corrected chi connectivity index (χ3v) is 4.71. The van der Waals surface area contributed by atoms with Gasteiger partial charge in [-0.25, -0.2) is 13.4 Å². The summed E-state index contributed by atoms with van der Waals surface area (Å²) in [6.07, 6.45) is 7.08. The van der Waals surface area contributed by atoms with Gasteiger partial charge in [-0.2, -0.15) is 0 Å². The summed E-state index contributed by atoms with van der Waals surface area (Å²) in [6, 6.07) is 4.08. The number of pyridine rings is 1. The van der Waals surface area contributed by atoms with Gasteiger partial charge in [0.1, 0.15) is 5.82 Å². The highest BCUT2D eigenvalue weighted by Gasteiger charge is 2.15. The van der Waals surface area contributed by atoms with Crippen LogP contribution in [0, 0.1) is 0 Å². The van der Waals surface area contributed by atoms with E-state index >= 15 is 0 Å². The van der Waals surface area contributed by atoms with Crippen molar-refractivity contribution in [2.75, 3.05) is 15.8 Å². The lowest BCUT2D eigenvalue weighted by Crippen LogP contribution is -2.17.